The lowest BCUT2D eigenvalue weighted by atomic mass is 10.0. The van der Waals surface area contributed by atoms with Crippen LogP contribution in [-0.2, 0) is 0 Å². The monoisotopic (exact) mass is 396 g/mol. The number of anilines is 3. The van der Waals surface area contributed by atoms with E-state index in [0.717, 1.165) is 10.2 Å². The molecule has 0 bridgehead atoms. The van der Waals surface area contributed by atoms with Gasteiger partial charge in [-0.05, 0) is 67.2 Å². The maximum absolute atomic E-state index is 10.1. The fraction of sp³-hybridized carbons (Fsp3) is 0.375. The molecule has 0 aliphatic heterocycles. The van der Waals surface area contributed by atoms with Crippen LogP contribution in [0.4, 0.5) is 17.5 Å². The van der Waals surface area contributed by atoms with E-state index in [1.807, 2.05) is 37.4 Å². The number of halogens is 1. The molecule has 1 aromatic heterocycles. The third-order valence-electron chi connectivity index (χ3n) is 3.50. The molecule has 23 heavy (non-hydrogen) atoms. The van der Waals surface area contributed by atoms with E-state index in [0.29, 0.717) is 11.8 Å². The van der Waals surface area contributed by atoms with Gasteiger partial charge in [0.25, 0.3) is 0 Å². The van der Waals surface area contributed by atoms with Crippen LogP contribution in [0, 0.1) is 0 Å². The van der Waals surface area contributed by atoms with Crippen molar-refractivity contribution in [1.82, 2.24) is 9.97 Å². The SMILES string of the molecule is CSc1ccc(Nc2ncc(Br)c(N[C@H](C)C(C)(C)O)n2)cc1. The van der Waals surface area contributed by atoms with Gasteiger partial charge < -0.3 is 15.7 Å². The van der Waals surface area contributed by atoms with E-state index in [4.69, 9.17) is 0 Å². The first-order valence-electron chi connectivity index (χ1n) is 7.22. The number of hydrogen-bond acceptors (Lipinski definition) is 6. The molecular formula is C16H21BrN4OS. The highest BCUT2D eigenvalue weighted by molar-refractivity contribution is 9.10. The summed E-state index contributed by atoms with van der Waals surface area (Å²) in [6.45, 7) is 5.42. The number of benzene rings is 1. The summed E-state index contributed by atoms with van der Waals surface area (Å²) in [4.78, 5) is 9.94. The largest absolute Gasteiger partial charge is 0.388 e. The standard InChI is InChI=1S/C16H21BrN4OS/c1-10(16(2,3)22)19-14-13(17)9-18-15(21-14)20-11-5-7-12(23-4)8-6-11/h5-10,22H,1-4H3,(H2,18,19,20,21)/t10-/m1/s1. The average Bonchev–Trinajstić information content (AvgIpc) is 2.50. The first-order chi connectivity index (χ1) is 10.8. The highest BCUT2D eigenvalue weighted by Crippen LogP contribution is 2.25. The summed E-state index contributed by atoms with van der Waals surface area (Å²) in [5.74, 6) is 1.13. The molecule has 0 fully saturated rings. The number of aromatic nitrogens is 2. The van der Waals surface area contributed by atoms with Crippen LogP contribution >= 0.6 is 27.7 Å². The molecule has 7 heteroatoms. The molecule has 0 aliphatic rings. The predicted octanol–water partition coefficient (Wildman–Crippen LogP) is 4.28. The van der Waals surface area contributed by atoms with Crippen LogP contribution in [0.5, 0.6) is 0 Å². The smallest absolute Gasteiger partial charge is 0.229 e. The van der Waals surface area contributed by atoms with Crippen molar-refractivity contribution in [3.05, 3.63) is 34.9 Å². The highest BCUT2D eigenvalue weighted by atomic mass is 79.9. The summed E-state index contributed by atoms with van der Waals surface area (Å²) in [5.41, 5.74) is 0.0673. The van der Waals surface area contributed by atoms with Crippen LogP contribution in [0.2, 0.25) is 0 Å². The number of rotatable bonds is 6. The van der Waals surface area contributed by atoms with Gasteiger partial charge in [-0.15, -0.1) is 11.8 Å². The minimum atomic E-state index is -0.856. The second-order valence-electron chi connectivity index (χ2n) is 5.76. The fourth-order valence-electron chi connectivity index (χ4n) is 1.71. The second-order valence-corrected chi connectivity index (χ2v) is 7.50. The Labute approximate surface area is 149 Å². The van der Waals surface area contributed by atoms with E-state index in [1.54, 1.807) is 31.8 Å². The first kappa shape index (κ1) is 18.0. The Hall–Kier alpha value is -1.31. The van der Waals surface area contributed by atoms with Gasteiger partial charge in [0.15, 0.2) is 0 Å². The van der Waals surface area contributed by atoms with Gasteiger partial charge in [-0.3, -0.25) is 0 Å². The van der Waals surface area contributed by atoms with Crippen molar-refractivity contribution in [2.24, 2.45) is 0 Å². The number of hydrogen-bond donors (Lipinski definition) is 3. The van der Waals surface area contributed by atoms with Crippen molar-refractivity contribution >= 4 is 45.1 Å². The lowest BCUT2D eigenvalue weighted by Gasteiger charge is -2.27. The zero-order chi connectivity index (χ0) is 17.0. The van der Waals surface area contributed by atoms with E-state index < -0.39 is 5.60 Å². The van der Waals surface area contributed by atoms with Gasteiger partial charge in [0.2, 0.25) is 5.95 Å². The highest BCUT2D eigenvalue weighted by Gasteiger charge is 2.23. The van der Waals surface area contributed by atoms with Crippen molar-refractivity contribution in [2.45, 2.75) is 37.3 Å². The van der Waals surface area contributed by atoms with E-state index in [-0.39, 0.29) is 6.04 Å². The molecule has 2 aromatic rings. The Morgan fingerprint density at radius 3 is 2.48 bits per heavy atom. The van der Waals surface area contributed by atoms with Crippen molar-refractivity contribution in [2.75, 3.05) is 16.9 Å². The van der Waals surface area contributed by atoms with Crippen LogP contribution in [0.3, 0.4) is 0 Å². The zero-order valence-electron chi connectivity index (χ0n) is 13.6. The molecule has 5 nitrogen and oxygen atoms in total. The summed E-state index contributed by atoms with van der Waals surface area (Å²) >= 11 is 5.13. The molecule has 0 saturated heterocycles. The normalized spacial score (nSPS) is 12.8. The maximum Gasteiger partial charge on any atom is 0.229 e. The topological polar surface area (TPSA) is 70.1 Å². The lowest BCUT2D eigenvalue weighted by Crippen LogP contribution is -2.39. The van der Waals surface area contributed by atoms with E-state index in [1.165, 1.54) is 4.90 Å². The van der Waals surface area contributed by atoms with Crippen molar-refractivity contribution in [1.29, 1.82) is 0 Å². The van der Waals surface area contributed by atoms with Gasteiger partial charge in [-0.1, -0.05) is 0 Å². The molecule has 1 aromatic carbocycles. The summed E-state index contributed by atoms with van der Waals surface area (Å²) < 4.78 is 0.747. The molecular weight excluding hydrogens is 376 g/mol. The zero-order valence-corrected chi connectivity index (χ0v) is 16.0. The molecule has 0 amide bonds. The van der Waals surface area contributed by atoms with Gasteiger partial charge in [-0.2, -0.15) is 4.98 Å². The molecule has 3 N–H and O–H groups in total. The van der Waals surface area contributed by atoms with Gasteiger partial charge in [0.05, 0.1) is 16.1 Å². The van der Waals surface area contributed by atoms with Crippen LogP contribution in [0.25, 0.3) is 0 Å². The van der Waals surface area contributed by atoms with E-state index in [9.17, 15) is 5.11 Å². The third-order valence-corrected chi connectivity index (χ3v) is 4.83. The summed E-state index contributed by atoms with van der Waals surface area (Å²) in [6.07, 6.45) is 3.73. The second kappa shape index (κ2) is 7.51. The number of aliphatic hydroxyl groups is 1. The first-order valence-corrected chi connectivity index (χ1v) is 9.24. The van der Waals surface area contributed by atoms with Crippen molar-refractivity contribution in [3.8, 4) is 0 Å². The maximum atomic E-state index is 10.1. The minimum absolute atomic E-state index is 0.164. The molecule has 0 unspecified atom stereocenters. The Morgan fingerprint density at radius 2 is 1.91 bits per heavy atom. The Morgan fingerprint density at radius 1 is 1.26 bits per heavy atom. The Balaban J connectivity index is 2.15. The lowest BCUT2D eigenvalue weighted by molar-refractivity contribution is 0.0647. The molecule has 0 spiro atoms. The van der Waals surface area contributed by atoms with Gasteiger partial charge in [-0.25, -0.2) is 4.98 Å². The Kier molecular flexibility index (Phi) is 5.89. The fourth-order valence-corrected chi connectivity index (χ4v) is 2.43. The van der Waals surface area contributed by atoms with Crippen molar-refractivity contribution in [3.63, 3.8) is 0 Å². The van der Waals surface area contributed by atoms with E-state index >= 15 is 0 Å². The van der Waals surface area contributed by atoms with Gasteiger partial charge in [0.1, 0.15) is 5.82 Å². The molecule has 2 rings (SSSR count). The third kappa shape index (κ3) is 5.09. The molecule has 1 heterocycles. The summed E-state index contributed by atoms with van der Waals surface area (Å²) in [6, 6.07) is 7.90. The number of thioether (sulfide) groups is 1. The van der Waals surface area contributed by atoms with Gasteiger partial charge in [0, 0.05) is 16.8 Å². The quantitative estimate of drug-likeness (QED) is 0.633. The molecule has 0 radical (unpaired) electrons. The Bertz CT molecular complexity index is 658. The molecule has 0 saturated carbocycles. The average molecular weight is 397 g/mol. The summed E-state index contributed by atoms with van der Waals surface area (Å²) in [5, 5.41) is 16.4. The number of nitrogens with one attached hydrogen (secondary N) is 2. The van der Waals surface area contributed by atoms with E-state index in [2.05, 4.69) is 36.5 Å². The van der Waals surface area contributed by atoms with Crippen LogP contribution in [-0.4, -0.2) is 33.0 Å². The predicted molar refractivity (Wildman–Crippen MR) is 101 cm³/mol. The summed E-state index contributed by atoms with van der Waals surface area (Å²) in [7, 11) is 0. The molecule has 124 valence electrons. The van der Waals surface area contributed by atoms with Crippen molar-refractivity contribution < 1.29 is 5.11 Å². The van der Waals surface area contributed by atoms with Gasteiger partial charge >= 0.3 is 0 Å². The van der Waals surface area contributed by atoms with Crippen LogP contribution < -0.4 is 10.6 Å². The molecule has 1 atom stereocenters. The number of nitrogens with zero attached hydrogens (tertiary/aromatic N) is 2. The van der Waals surface area contributed by atoms with Crippen LogP contribution in [0.1, 0.15) is 20.8 Å². The van der Waals surface area contributed by atoms with Crippen LogP contribution in [0.15, 0.2) is 39.8 Å². The minimum Gasteiger partial charge on any atom is -0.388 e. The molecule has 0 aliphatic carbocycles.